The highest BCUT2D eigenvalue weighted by Crippen LogP contribution is 2.18. The van der Waals surface area contributed by atoms with Crippen LogP contribution in [0.25, 0.3) is 0 Å². The van der Waals surface area contributed by atoms with Crippen LogP contribution in [0.3, 0.4) is 0 Å². The summed E-state index contributed by atoms with van der Waals surface area (Å²) in [4.78, 5) is 1.37. The van der Waals surface area contributed by atoms with Gasteiger partial charge in [0.05, 0.1) is 0 Å². The molecule has 0 spiro atoms. The minimum atomic E-state index is 1.01. The highest BCUT2D eigenvalue weighted by molar-refractivity contribution is 7.99. The van der Waals surface area contributed by atoms with Crippen molar-refractivity contribution >= 4 is 24.4 Å². The maximum Gasteiger partial charge on any atom is 0.00719 e. The van der Waals surface area contributed by atoms with E-state index >= 15 is 0 Å². The van der Waals surface area contributed by atoms with Crippen LogP contribution >= 0.6 is 24.4 Å². The molecule has 0 saturated carbocycles. The van der Waals surface area contributed by atoms with Crippen LogP contribution in [0.15, 0.2) is 35.2 Å². The van der Waals surface area contributed by atoms with E-state index in [-0.39, 0.29) is 0 Å². The molecule has 0 aliphatic rings. The molecule has 1 rings (SSSR count). The van der Waals surface area contributed by atoms with Gasteiger partial charge in [0.1, 0.15) is 0 Å². The summed E-state index contributed by atoms with van der Waals surface area (Å²) < 4.78 is 0. The van der Waals surface area contributed by atoms with Gasteiger partial charge in [0.15, 0.2) is 0 Å². The summed E-state index contributed by atoms with van der Waals surface area (Å²) in [5, 5.41) is 0. The lowest BCUT2D eigenvalue weighted by atomic mass is 10.4. The van der Waals surface area contributed by atoms with Crippen molar-refractivity contribution in [3.05, 3.63) is 30.3 Å². The molecule has 0 aromatic heterocycles. The second-order valence-electron chi connectivity index (χ2n) is 2.59. The van der Waals surface area contributed by atoms with Gasteiger partial charge in [-0.1, -0.05) is 18.2 Å². The number of hydrogen-bond acceptors (Lipinski definition) is 2. The van der Waals surface area contributed by atoms with Crippen LogP contribution in [0.2, 0.25) is 0 Å². The summed E-state index contributed by atoms with van der Waals surface area (Å²) in [6, 6.07) is 10.5. The largest absolute Gasteiger partial charge is 0.179 e. The molecule has 1 aromatic rings. The van der Waals surface area contributed by atoms with Gasteiger partial charge in [-0.15, -0.1) is 11.8 Å². The predicted molar refractivity (Wildman–Crippen MR) is 60.3 cm³/mol. The van der Waals surface area contributed by atoms with Crippen LogP contribution in [-0.4, -0.2) is 11.5 Å². The molecule has 0 bridgehead atoms. The summed E-state index contributed by atoms with van der Waals surface area (Å²) in [5.41, 5.74) is 0. The second-order valence-corrected chi connectivity index (χ2v) is 4.21. The van der Waals surface area contributed by atoms with Gasteiger partial charge in [-0.25, -0.2) is 0 Å². The Bertz CT molecular complexity index is 196. The fraction of sp³-hybridized carbons (Fsp3) is 0.400. The number of hydrogen-bond donors (Lipinski definition) is 1. The predicted octanol–water partition coefficient (Wildman–Crippen LogP) is 3.49. The molecule has 0 nitrogen and oxygen atoms in total. The maximum atomic E-state index is 4.17. The third kappa shape index (κ3) is 4.07. The Morgan fingerprint density at radius 1 is 1.08 bits per heavy atom. The molecule has 12 heavy (non-hydrogen) atoms. The van der Waals surface area contributed by atoms with E-state index in [4.69, 9.17) is 0 Å². The van der Waals surface area contributed by atoms with Crippen molar-refractivity contribution in [2.45, 2.75) is 17.7 Å². The fourth-order valence-corrected chi connectivity index (χ4v) is 2.08. The number of rotatable bonds is 5. The van der Waals surface area contributed by atoms with Crippen LogP contribution in [0.4, 0.5) is 0 Å². The van der Waals surface area contributed by atoms with E-state index in [9.17, 15) is 0 Å². The van der Waals surface area contributed by atoms with Crippen molar-refractivity contribution in [1.29, 1.82) is 0 Å². The molecule has 0 fully saturated rings. The highest BCUT2D eigenvalue weighted by atomic mass is 32.2. The average Bonchev–Trinajstić information content (AvgIpc) is 2.14. The number of unbranched alkanes of at least 4 members (excludes halogenated alkanes) is 1. The van der Waals surface area contributed by atoms with Gasteiger partial charge in [-0.2, -0.15) is 12.6 Å². The van der Waals surface area contributed by atoms with E-state index in [0.717, 1.165) is 5.75 Å². The average molecular weight is 198 g/mol. The van der Waals surface area contributed by atoms with Crippen molar-refractivity contribution in [2.24, 2.45) is 0 Å². The fourth-order valence-electron chi connectivity index (χ4n) is 0.921. The molecule has 0 aliphatic carbocycles. The molecular weight excluding hydrogens is 184 g/mol. The van der Waals surface area contributed by atoms with Crippen LogP contribution in [0, 0.1) is 0 Å². The van der Waals surface area contributed by atoms with Gasteiger partial charge in [-0.05, 0) is 36.5 Å². The molecule has 0 atom stereocenters. The Morgan fingerprint density at radius 3 is 2.50 bits per heavy atom. The van der Waals surface area contributed by atoms with Crippen LogP contribution in [0.5, 0.6) is 0 Å². The zero-order valence-electron chi connectivity index (χ0n) is 7.07. The Balaban J connectivity index is 2.16. The van der Waals surface area contributed by atoms with Gasteiger partial charge in [0.25, 0.3) is 0 Å². The molecule has 1 aromatic carbocycles. The van der Waals surface area contributed by atoms with Gasteiger partial charge in [0.2, 0.25) is 0 Å². The lowest BCUT2D eigenvalue weighted by Crippen LogP contribution is -1.81. The molecule has 0 radical (unpaired) electrons. The van der Waals surface area contributed by atoms with Gasteiger partial charge in [-0.3, -0.25) is 0 Å². The SMILES string of the molecule is SCCCCSc1ccccc1. The van der Waals surface area contributed by atoms with Crippen LogP contribution in [-0.2, 0) is 0 Å². The first kappa shape index (κ1) is 10.0. The topological polar surface area (TPSA) is 0 Å². The highest BCUT2D eigenvalue weighted by Gasteiger charge is 1.91. The van der Waals surface area contributed by atoms with Crippen LogP contribution in [0.1, 0.15) is 12.8 Å². The summed E-state index contributed by atoms with van der Waals surface area (Å²) in [5.74, 6) is 2.22. The van der Waals surface area contributed by atoms with E-state index in [2.05, 4.69) is 43.0 Å². The molecule has 2 heteroatoms. The smallest absolute Gasteiger partial charge is 0.00719 e. The standard InChI is InChI=1S/C10H14S2/c11-8-4-5-9-12-10-6-2-1-3-7-10/h1-3,6-7,11H,4-5,8-9H2. The molecule has 66 valence electrons. The first-order valence-electron chi connectivity index (χ1n) is 4.22. The molecule has 0 N–H and O–H groups in total. The van der Waals surface area contributed by atoms with Crippen molar-refractivity contribution in [2.75, 3.05) is 11.5 Å². The quantitative estimate of drug-likeness (QED) is 0.429. The Hall–Kier alpha value is -0.0800. The van der Waals surface area contributed by atoms with Crippen molar-refractivity contribution in [3.63, 3.8) is 0 Å². The number of thiol groups is 1. The Kier molecular flexibility index (Phi) is 5.37. The first-order valence-corrected chi connectivity index (χ1v) is 5.84. The number of thioether (sulfide) groups is 1. The monoisotopic (exact) mass is 198 g/mol. The van der Waals surface area contributed by atoms with Gasteiger partial charge < -0.3 is 0 Å². The van der Waals surface area contributed by atoms with Gasteiger partial charge >= 0.3 is 0 Å². The molecule has 0 saturated heterocycles. The third-order valence-corrected chi connectivity index (χ3v) is 2.98. The minimum Gasteiger partial charge on any atom is -0.179 e. The van der Waals surface area contributed by atoms with Crippen molar-refractivity contribution in [1.82, 2.24) is 0 Å². The molecule has 0 amide bonds. The summed E-state index contributed by atoms with van der Waals surface area (Å²) in [7, 11) is 0. The maximum absolute atomic E-state index is 4.17. The lowest BCUT2D eigenvalue weighted by Gasteiger charge is -1.99. The minimum absolute atomic E-state index is 1.01. The van der Waals surface area contributed by atoms with E-state index in [0.29, 0.717) is 0 Å². The Labute approximate surface area is 84.2 Å². The van der Waals surface area contributed by atoms with Gasteiger partial charge in [0, 0.05) is 4.90 Å². The third-order valence-electron chi connectivity index (χ3n) is 1.56. The summed E-state index contributed by atoms with van der Waals surface area (Å²) >= 11 is 6.10. The number of benzene rings is 1. The molecule has 0 heterocycles. The molecule has 0 aliphatic heterocycles. The second kappa shape index (κ2) is 6.44. The van der Waals surface area contributed by atoms with Crippen molar-refractivity contribution < 1.29 is 0 Å². The van der Waals surface area contributed by atoms with E-state index in [1.165, 1.54) is 23.5 Å². The summed E-state index contributed by atoms with van der Waals surface area (Å²) in [6.07, 6.45) is 2.49. The van der Waals surface area contributed by atoms with E-state index in [1.807, 2.05) is 11.8 Å². The first-order chi connectivity index (χ1) is 5.93. The van der Waals surface area contributed by atoms with E-state index < -0.39 is 0 Å². The van der Waals surface area contributed by atoms with E-state index in [1.54, 1.807) is 0 Å². The lowest BCUT2D eigenvalue weighted by molar-refractivity contribution is 0.910. The Morgan fingerprint density at radius 2 is 1.83 bits per heavy atom. The molecular formula is C10H14S2. The normalized spacial score (nSPS) is 10.1. The van der Waals surface area contributed by atoms with Crippen molar-refractivity contribution in [3.8, 4) is 0 Å². The summed E-state index contributed by atoms with van der Waals surface area (Å²) in [6.45, 7) is 0. The zero-order valence-corrected chi connectivity index (χ0v) is 8.78. The molecule has 0 unspecified atom stereocenters. The van der Waals surface area contributed by atoms with Crippen LogP contribution < -0.4 is 0 Å². The zero-order chi connectivity index (χ0) is 8.65.